The number of ether oxygens (including phenoxy) is 1. The summed E-state index contributed by atoms with van der Waals surface area (Å²) in [6, 6.07) is 0. The van der Waals surface area contributed by atoms with Crippen molar-refractivity contribution in [2.24, 2.45) is 5.92 Å². The van der Waals surface area contributed by atoms with Gasteiger partial charge in [0.25, 0.3) is 0 Å². The highest BCUT2D eigenvalue weighted by molar-refractivity contribution is 5.72. The lowest BCUT2D eigenvalue weighted by atomic mass is 10.1. The molecule has 1 fully saturated rings. The van der Waals surface area contributed by atoms with Gasteiger partial charge in [0.1, 0.15) is 0 Å². The van der Waals surface area contributed by atoms with Gasteiger partial charge in [0.05, 0.1) is 13.0 Å². The highest BCUT2D eigenvalue weighted by atomic mass is 16.5. The van der Waals surface area contributed by atoms with Crippen LogP contribution >= 0.6 is 0 Å². The lowest BCUT2D eigenvalue weighted by Crippen LogP contribution is -2.34. The maximum Gasteiger partial charge on any atom is 0.309 e. The first-order chi connectivity index (χ1) is 7.27. The molecule has 1 heterocycles. The second kappa shape index (κ2) is 6.83. The van der Waals surface area contributed by atoms with Crippen LogP contribution in [0.15, 0.2) is 0 Å². The average Bonchev–Trinajstić information content (AvgIpc) is 2.53. The van der Waals surface area contributed by atoms with Crippen LogP contribution in [0.3, 0.4) is 0 Å². The van der Waals surface area contributed by atoms with Crippen LogP contribution < -0.4 is 0 Å². The normalized spacial score (nSPS) is 20.7. The summed E-state index contributed by atoms with van der Waals surface area (Å²) in [5, 5.41) is 0. The van der Waals surface area contributed by atoms with Crippen LogP contribution in [0, 0.1) is 5.92 Å². The van der Waals surface area contributed by atoms with Gasteiger partial charge in [0.2, 0.25) is 0 Å². The van der Waals surface area contributed by atoms with E-state index in [1.54, 1.807) is 0 Å². The molecule has 0 aliphatic carbocycles. The minimum absolute atomic E-state index is 0.0539. The van der Waals surface area contributed by atoms with Gasteiger partial charge in [-0.1, -0.05) is 19.8 Å². The fraction of sp³-hybridized carbons (Fsp3) is 0.917. The number of rotatable bonds is 4. The Hall–Kier alpha value is -0.570. The molecule has 0 radical (unpaired) electrons. The zero-order valence-electron chi connectivity index (χ0n) is 10.00. The summed E-state index contributed by atoms with van der Waals surface area (Å²) >= 11 is 0. The Kier molecular flexibility index (Phi) is 5.69. The van der Waals surface area contributed by atoms with E-state index in [2.05, 4.69) is 11.8 Å². The van der Waals surface area contributed by atoms with Crippen LogP contribution in [0.1, 0.15) is 39.0 Å². The van der Waals surface area contributed by atoms with Gasteiger partial charge in [-0.05, 0) is 32.4 Å². The van der Waals surface area contributed by atoms with E-state index in [9.17, 15) is 4.79 Å². The number of carbonyl (C=O) groups excluding carboxylic acids is 1. The van der Waals surface area contributed by atoms with E-state index >= 15 is 0 Å². The maximum absolute atomic E-state index is 11.5. The standard InChI is InChI=1S/C12H23NO2/c1-3-11(12(14)15-2)10-13-8-6-4-5-7-9-13/h11H,3-10H2,1-2H3. The molecular weight excluding hydrogens is 190 g/mol. The second-order valence-electron chi connectivity index (χ2n) is 4.34. The number of carbonyl (C=O) groups is 1. The lowest BCUT2D eigenvalue weighted by Gasteiger charge is -2.23. The van der Waals surface area contributed by atoms with Crippen molar-refractivity contribution >= 4 is 5.97 Å². The first-order valence-electron chi connectivity index (χ1n) is 6.08. The highest BCUT2D eigenvalue weighted by Gasteiger charge is 2.20. The van der Waals surface area contributed by atoms with Crippen LogP contribution in [0.2, 0.25) is 0 Å². The predicted octanol–water partition coefficient (Wildman–Crippen LogP) is 2.06. The van der Waals surface area contributed by atoms with Gasteiger partial charge in [0.15, 0.2) is 0 Å². The van der Waals surface area contributed by atoms with Crippen molar-refractivity contribution in [3.05, 3.63) is 0 Å². The van der Waals surface area contributed by atoms with Crippen LogP contribution in [-0.2, 0) is 9.53 Å². The molecule has 0 amide bonds. The minimum Gasteiger partial charge on any atom is -0.469 e. The van der Waals surface area contributed by atoms with Crippen molar-refractivity contribution in [1.29, 1.82) is 0 Å². The largest absolute Gasteiger partial charge is 0.469 e. The third-order valence-electron chi connectivity index (χ3n) is 3.20. The molecule has 1 aliphatic rings. The Balaban J connectivity index is 2.38. The SMILES string of the molecule is CCC(CN1CCCCCC1)C(=O)OC. The molecule has 15 heavy (non-hydrogen) atoms. The van der Waals surface area contributed by atoms with Crippen molar-refractivity contribution in [2.75, 3.05) is 26.7 Å². The zero-order chi connectivity index (χ0) is 11.1. The molecule has 3 nitrogen and oxygen atoms in total. The fourth-order valence-corrected chi connectivity index (χ4v) is 2.17. The van der Waals surface area contributed by atoms with E-state index < -0.39 is 0 Å². The van der Waals surface area contributed by atoms with E-state index in [1.165, 1.54) is 32.8 Å². The molecule has 0 aromatic heterocycles. The summed E-state index contributed by atoms with van der Waals surface area (Å²) in [6.07, 6.45) is 6.11. The maximum atomic E-state index is 11.5. The zero-order valence-corrected chi connectivity index (χ0v) is 10.00. The van der Waals surface area contributed by atoms with Gasteiger partial charge in [-0.25, -0.2) is 0 Å². The Morgan fingerprint density at radius 3 is 2.33 bits per heavy atom. The number of nitrogens with zero attached hydrogens (tertiary/aromatic N) is 1. The van der Waals surface area contributed by atoms with Crippen molar-refractivity contribution in [2.45, 2.75) is 39.0 Å². The Labute approximate surface area is 92.8 Å². The van der Waals surface area contributed by atoms with Gasteiger partial charge >= 0.3 is 5.97 Å². The van der Waals surface area contributed by atoms with E-state index in [4.69, 9.17) is 4.74 Å². The van der Waals surface area contributed by atoms with Gasteiger partial charge in [-0.15, -0.1) is 0 Å². The van der Waals surface area contributed by atoms with Gasteiger partial charge < -0.3 is 9.64 Å². The summed E-state index contributed by atoms with van der Waals surface area (Å²) in [5.74, 6) is 0.00912. The molecule has 0 bridgehead atoms. The number of likely N-dealkylation sites (tertiary alicyclic amines) is 1. The first-order valence-corrected chi connectivity index (χ1v) is 6.08. The molecule has 0 N–H and O–H groups in total. The second-order valence-corrected chi connectivity index (χ2v) is 4.34. The molecule has 1 rings (SSSR count). The molecule has 0 aromatic rings. The quantitative estimate of drug-likeness (QED) is 0.669. The Bertz CT molecular complexity index is 186. The lowest BCUT2D eigenvalue weighted by molar-refractivity contribution is -0.146. The average molecular weight is 213 g/mol. The predicted molar refractivity (Wildman–Crippen MR) is 60.7 cm³/mol. The van der Waals surface area contributed by atoms with Crippen molar-refractivity contribution in [3.63, 3.8) is 0 Å². The Morgan fingerprint density at radius 1 is 1.27 bits per heavy atom. The van der Waals surface area contributed by atoms with Gasteiger partial charge in [-0.3, -0.25) is 4.79 Å². The van der Waals surface area contributed by atoms with E-state index in [1.807, 2.05) is 0 Å². The monoisotopic (exact) mass is 213 g/mol. The van der Waals surface area contributed by atoms with E-state index in [-0.39, 0.29) is 11.9 Å². The van der Waals surface area contributed by atoms with E-state index in [0.717, 1.165) is 26.1 Å². The molecule has 0 saturated carbocycles. The van der Waals surface area contributed by atoms with Crippen molar-refractivity contribution in [1.82, 2.24) is 4.90 Å². The molecule has 1 saturated heterocycles. The van der Waals surface area contributed by atoms with Crippen molar-refractivity contribution < 1.29 is 9.53 Å². The van der Waals surface area contributed by atoms with Crippen molar-refractivity contribution in [3.8, 4) is 0 Å². The first kappa shape index (κ1) is 12.5. The fourth-order valence-electron chi connectivity index (χ4n) is 2.17. The molecule has 1 unspecified atom stereocenters. The van der Waals surface area contributed by atoms with Crippen LogP contribution in [0.4, 0.5) is 0 Å². The smallest absolute Gasteiger partial charge is 0.309 e. The van der Waals surface area contributed by atoms with Crippen LogP contribution in [0.5, 0.6) is 0 Å². The summed E-state index contributed by atoms with van der Waals surface area (Å²) in [6.45, 7) is 5.23. The van der Waals surface area contributed by atoms with Crippen LogP contribution in [-0.4, -0.2) is 37.6 Å². The number of hydrogen-bond acceptors (Lipinski definition) is 3. The van der Waals surface area contributed by atoms with Crippen LogP contribution in [0.25, 0.3) is 0 Å². The number of esters is 1. The third-order valence-corrected chi connectivity index (χ3v) is 3.20. The molecule has 3 heteroatoms. The highest BCUT2D eigenvalue weighted by Crippen LogP contribution is 2.13. The summed E-state index contributed by atoms with van der Waals surface area (Å²) in [5.41, 5.74) is 0. The molecule has 0 spiro atoms. The summed E-state index contributed by atoms with van der Waals surface area (Å²) in [4.78, 5) is 13.9. The molecule has 88 valence electrons. The number of methoxy groups -OCH3 is 1. The summed E-state index contributed by atoms with van der Waals surface area (Å²) in [7, 11) is 1.48. The summed E-state index contributed by atoms with van der Waals surface area (Å²) < 4.78 is 4.81. The third kappa shape index (κ3) is 4.20. The molecule has 1 atom stereocenters. The molecule has 1 aliphatic heterocycles. The van der Waals surface area contributed by atoms with Gasteiger partial charge in [-0.2, -0.15) is 0 Å². The van der Waals surface area contributed by atoms with E-state index in [0.29, 0.717) is 0 Å². The van der Waals surface area contributed by atoms with Gasteiger partial charge in [0, 0.05) is 6.54 Å². The molecule has 0 aromatic carbocycles. The minimum atomic E-state index is -0.0539. The topological polar surface area (TPSA) is 29.5 Å². The molecular formula is C12H23NO2. The Morgan fingerprint density at radius 2 is 1.87 bits per heavy atom. The number of hydrogen-bond donors (Lipinski definition) is 0.